The number of benzene rings is 2. The number of unbranched alkanes of at least 4 members (excludes halogenated alkanes) is 5. The molecule has 0 aliphatic carbocycles. The Kier molecular flexibility index (Phi) is 11.8. The van der Waals surface area contributed by atoms with Gasteiger partial charge in [-0.3, -0.25) is 9.78 Å². The zero-order valence-electron chi connectivity index (χ0n) is 23.6. The molecule has 0 atom stereocenters. The van der Waals surface area contributed by atoms with Gasteiger partial charge in [0, 0.05) is 6.42 Å². The average Bonchev–Trinajstić information content (AvgIpc) is 2.86. The molecular formula is C31H44O6. The summed E-state index contributed by atoms with van der Waals surface area (Å²) >= 11 is 0. The van der Waals surface area contributed by atoms with E-state index in [2.05, 4.69) is 48.5 Å². The third kappa shape index (κ3) is 10.7. The molecule has 0 spiro atoms. The van der Waals surface area contributed by atoms with Gasteiger partial charge in [-0.2, -0.15) is 0 Å². The van der Waals surface area contributed by atoms with Gasteiger partial charge in [-0.1, -0.05) is 105 Å². The van der Waals surface area contributed by atoms with Crippen molar-refractivity contribution >= 4 is 11.9 Å². The van der Waals surface area contributed by atoms with E-state index in [4.69, 9.17) is 19.6 Å². The molecule has 0 unspecified atom stereocenters. The van der Waals surface area contributed by atoms with Crippen LogP contribution in [0, 0.1) is 0 Å². The topological polar surface area (TPSA) is 71.1 Å². The second kappa shape index (κ2) is 14.3. The maximum absolute atomic E-state index is 12.5. The molecule has 0 aliphatic heterocycles. The van der Waals surface area contributed by atoms with Crippen molar-refractivity contribution < 1.29 is 29.1 Å². The molecule has 2 rings (SSSR count). The summed E-state index contributed by atoms with van der Waals surface area (Å²) in [6.07, 6.45) is 5.79. The van der Waals surface area contributed by atoms with E-state index in [-0.39, 0.29) is 10.8 Å². The van der Waals surface area contributed by atoms with Gasteiger partial charge in [0.05, 0.1) is 11.1 Å². The highest BCUT2D eigenvalue weighted by Gasteiger charge is 2.21. The maximum atomic E-state index is 12.5. The Morgan fingerprint density at radius 1 is 0.622 bits per heavy atom. The number of carbonyl (C=O) groups excluding carboxylic acids is 2. The van der Waals surface area contributed by atoms with Gasteiger partial charge < -0.3 is 0 Å². The lowest BCUT2D eigenvalue weighted by atomic mass is 9.87. The zero-order chi connectivity index (χ0) is 27.5. The van der Waals surface area contributed by atoms with Crippen LogP contribution >= 0.6 is 0 Å². The summed E-state index contributed by atoms with van der Waals surface area (Å²) in [6.45, 7) is 14.8. The van der Waals surface area contributed by atoms with Crippen LogP contribution in [0.2, 0.25) is 0 Å². The molecule has 0 N–H and O–H groups in total. The van der Waals surface area contributed by atoms with E-state index < -0.39 is 18.2 Å². The summed E-state index contributed by atoms with van der Waals surface area (Å²) in [7, 11) is 0. The highest BCUT2D eigenvalue weighted by molar-refractivity contribution is 5.89. The minimum Gasteiger partial charge on any atom is -0.290 e. The SMILES string of the molecule is CCCCCCCCC(OOC(=O)c1ccc(C(C)(C)C)cc1)OOC(=O)c1ccc(C(C)(C)C)cc1. The maximum Gasteiger partial charge on any atom is 0.373 e. The highest BCUT2D eigenvalue weighted by atomic mass is 17.3. The molecule has 6 nitrogen and oxygen atoms in total. The molecule has 6 heteroatoms. The molecule has 0 saturated carbocycles. The molecular weight excluding hydrogens is 468 g/mol. The number of hydrogen-bond donors (Lipinski definition) is 0. The van der Waals surface area contributed by atoms with E-state index in [0.717, 1.165) is 30.4 Å². The van der Waals surface area contributed by atoms with Crippen LogP contribution in [-0.2, 0) is 30.4 Å². The van der Waals surface area contributed by atoms with Gasteiger partial charge in [0.1, 0.15) is 0 Å². The summed E-state index contributed by atoms with van der Waals surface area (Å²) in [4.78, 5) is 45.7. The molecule has 0 heterocycles. The standard InChI is InChI=1S/C31H44O6/c1-8-9-10-11-12-13-14-27(34-36-28(32)23-15-19-25(20-16-23)30(2,3)4)35-37-29(33)24-17-21-26(22-18-24)31(5,6)7/h15-22,27H,8-14H2,1-7H3. The Labute approximate surface area is 222 Å². The average molecular weight is 513 g/mol. The molecule has 204 valence electrons. The van der Waals surface area contributed by atoms with E-state index >= 15 is 0 Å². The van der Waals surface area contributed by atoms with Crippen molar-refractivity contribution in [3.8, 4) is 0 Å². The summed E-state index contributed by atoms with van der Waals surface area (Å²) < 4.78 is 0. The van der Waals surface area contributed by atoms with Crippen LogP contribution in [0.15, 0.2) is 48.5 Å². The lowest BCUT2D eigenvalue weighted by Crippen LogP contribution is -2.22. The Bertz CT molecular complexity index is 891. The number of hydrogen-bond acceptors (Lipinski definition) is 6. The third-order valence-electron chi connectivity index (χ3n) is 6.23. The second-order valence-corrected chi connectivity index (χ2v) is 11.6. The van der Waals surface area contributed by atoms with E-state index in [0.29, 0.717) is 17.5 Å². The predicted molar refractivity (Wildman–Crippen MR) is 145 cm³/mol. The first kappa shape index (κ1) is 30.5. The quantitative estimate of drug-likeness (QED) is 0.116. The van der Waals surface area contributed by atoms with E-state index in [1.807, 2.05) is 24.3 Å². The first-order valence-electron chi connectivity index (χ1n) is 13.4. The van der Waals surface area contributed by atoms with Crippen molar-refractivity contribution in [3.05, 3.63) is 70.8 Å². The van der Waals surface area contributed by atoms with E-state index in [9.17, 15) is 9.59 Å². The van der Waals surface area contributed by atoms with Crippen molar-refractivity contribution in [2.75, 3.05) is 0 Å². The minimum atomic E-state index is -1.03. The molecule has 0 radical (unpaired) electrons. The Morgan fingerprint density at radius 2 is 1.00 bits per heavy atom. The Hall–Kier alpha value is -2.70. The monoisotopic (exact) mass is 512 g/mol. The molecule has 2 aromatic rings. The van der Waals surface area contributed by atoms with Gasteiger partial charge >= 0.3 is 11.9 Å². The lowest BCUT2D eigenvalue weighted by Gasteiger charge is -2.19. The Morgan fingerprint density at radius 3 is 1.38 bits per heavy atom. The summed E-state index contributed by atoms with van der Waals surface area (Å²) in [5.41, 5.74) is 2.90. The molecule has 2 aromatic carbocycles. The van der Waals surface area contributed by atoms with Gasteiger partial charge in [0.25, 0.3) is 0 Å². The van der Waals surface area contributed by atoms with Crippen LogP contribution in [0.4, 0.5) is 0 Å². The molecule has 0 saturated heterocycles. The van der Waals surface area contributed by atoms with E-state index in [1.54, 1.807) is 24.3 Å². The van der Waals surface area contributed by atoms with Crippen molar-refractivity contribution in [3.63, 3.8) is 0 Å². The Balaban J connectivity index is 1.95. The zero-order valence-corrected chi connectivity index (χ0v) is 23.6. The molecule has 0 amide bonds. The number of rotatable bonds is 13. The second-order valence-electron chi connectivity index (χ2n) is 11.6. The lowest BCUT2D eigenvalue weighted by molar-refractivity contribution is -0.421. The molecule has 0 bridgehead atoms. The minimum absolute atomic E-state index is 0.0219. The van der Waals surface area contributed by atoms with Gasteiger partial charge in [0.15, 0.2) is 0 Å². The first-order chi connectivity index (χ1) is 17.4. The third-order valence-corrected chi connectivity index (χ3v) is 6.23. The fourth-order valence-corrected chi connectivity index (χ4v) is 3.71. The molecule has 37 heavy (non-hydrogen) atoms. The van der Waals surface area contributed by atoms with Crippen LogP contribution in [0.5, 0.6) is 0 Å². The van der Waals surface area contributed by atoms with Crippen LogP contribution in [0.25, 0.3) is 0 Å². The molecule has 0 fully saturated rings. The van der Waals surface area contributed by atoms with Crippen molar-refractivity contribution in [2.45, 2.75) is 111 Å². The van der Waals surface area contributed by atoms with Gasteiger partial charge in [-0.25, -0.2) is 9.59 Å². The summed E-state index contributed by atoms with van der Waals surface area (Å²) in [5.74, 6) is -1.28. The molecule has 0 aliphatic rings. The van der Waals surface area contributed by atoms with E-state index in [1.165, 1.54) is 19.3 Å². The van der Waals surface area contributed by atoms with Crippen LogP contribution in [-0.4, -0.2) is 18.2 Å². The van der Waals surface area contributed by atoms with Crippen LogP contribution in [0.1, 0.15) is 125 Å². The van der Waals surface area contributed by atoms with Gasteiger partial charge in [-0.15, -0.1) is 9.78 Å². The summed E-state index contributed by atoms with van der Waals surface area (Å²) in [6, 6.07) is 14.4. The van der Waals surface area contributed by atoms with Crippen molar-refractivity contribution in [2.24, 2.45) is 0 Å². The van der Waals surface area contributed by atoms with Gasteiger partial charge in [-0.05, 0) is 52.6 Å². The first-order valence-corrected chi connectivity index (χ1v) is 13.4. The van der Waals surface area contributed by atoms with Crippen LogP contribution < -0.4 is 0 Å². The fraction of sp³-hybridized carbons (Fsp3) is 0.548. The smallest absolute Gasteiger partial charge is 0.290 e. The van der Waals surface area contributed by atoms with Crippen molar-refractivity contribution in [1.82, 2.24) is 0 Å². The summed E-state index contributed by atoms with van der Waals surface area (Å²) in [5, 5.41) is 0. The van der Waals surface area contributed by atoms with Crippen LogP contribution in [0.3, 0.4) is 0 Å². The number of carbonyl (C=O) groups is 2. The normalized spacial score (nSPS) is 12.0. The van der Waals surface area contributed by atoms with Crippen molar-refractivity contribution in [1.29, 1.82) is 0 Å². The highest BCUT2D eigenvalue weighted by Crippen LogP contribution is 2.24. The predicted octanol–water partition coefficient (Wildman–Crippen LogP) is 8.24. The fourth-order valence-electron chi connectivity index (χ4n) is 3.71. The van der Waals surface area contributed by atoms with Gasteiger partial charge in [0.2, 0.25) is 6.29 Å². The molecule has 0 aromatic heterocycles. The largest absolute Gasteiger partial charge is 0.373 e.